The molecule has 30 heavy (non-hydrogen) atoms. The van der Waals surface area contributed by atoms with Crippen molar-refractivity contribution >= 4 is 42.6 Å². The number of nitrogens with zero attached hydrogens (tertiary/aromatic N) is 1. The van der Waals surface area contributed by atoms with E-state index in [1.165, 1.54) is 4.90 Å². The third-order valence-corrected chi connectivity index (χ3v) is 8.13. The van der Waals surface area contributed by atoms with Gasteiger partial charge in [0.25, 0.3) is 5.91 Å². The smallest absolute Gasteiger partial charge is 0.291 e. The lowest BCUT2D eigenvalue weighted by Gasteiger charge is -2.30. The van der Waals surface area contributed by atoms with Crippen LogP contribution in [-0.2, 0) is 9.84 Å². The van der Waals surface area contributed by atoms with Gasteiger partial charge in [0.05, 0.1) is 28.5 Å². The van der Waals surface area contributed by atoms with Gasteiger partial charge in [0.2, 0.25) is 5.76 Å². The third kappa shape index (κ3) is 3.01. The first kappa shape index (κ1) is 19.5. The maximum atomic E-state index is 13.5. The van der Waals surface area contributed by atoms with Crippen molar-refractivity contribution in [3.8, 4) is 0 Å². The van der Waals surface area contributed by atoms with Gasteiger partial charge in [-0.15, -0.1) is 0 Å². The first-order chi connectivity index (χ1) is 14.2. The van der Waals surface area contributed by atoms with E-state index in [0.29, 0.717) is 17.4 Å². The second kappa shape index (κ2) is 6.78. The van der Waals surface area contributed by atoms with E-state index in [-0.39, 0.29) is 28.3 Å². The summed E-state index contributed by atoms with van der Waals surface area (Å²) in [7, 11) is -3.22. The first-order valence-electron chi connectivity index (χ1n) is 9.61. The van der Waals surface area contributed by atoms with Gasteiger partial charge in [-0.25, -0.2) is 8.42 Å². The molecule has 5 rings (SSSR count). The van der Waals surface area contributed by atoms with Crippen LogP contribution in [0.5, 0.6) is 0 Å². The summed E-state index contributed by atoms with van der Waals surface area (Å²) in [5, 5.41) is 0.421. The largest absolute Gasteiger partial charge is 0.450 e. The zero-order chi connectivity index (χ0) is 21.2. The predicted octanol–water partition coefficient (Wildman–Crippen LogP) is 3.60. The Morgan fingerprint density at radius 2 is 1.83 bits per heavy atom. The molecule has 1 aromatic heterocycles. The van der Waals surface area contributed by atoms with Gasteiger partial charge in [-0.1, -0.05) is 39.7 Å². The van der Waals surface area contributed by atoms with Crippen LogP contribution in [0.15, 0.2) is 56.1 Å². The molecule has 0 bridgehead atoms. The zero-order valence-corrected chi connectivity index (χ0v) is 18.5. The van der Waals surface area contributed by atoms with Crippen LogP contribution in [0.25, 0.3) is 11.0 Å². The molecule has 2 unspecified atom stereocenters. The van der Waals surface area contributed by atoms with E-state index in [4.69, 9.17) is 4.42 Å². The van der Waals surface area contributed by atoms with Crippen molar-refractivity contribution in [2.24, 2.45) is 0 Å². The number of rotatable bonds is 2. The van der Waals surface area contributed by atoms with Gasteiger partial charge in [0.1, 0.15) is 5.58 Å². The van der Waals surface area contributed by atoms with E-state index < -0.39 is 27.8 Å². The summed E-state index contributed by atoms with van der Waals surface area (Å²) in [6.45, 7) is 1.89. The molecule has 154 valence electrons. The molecular weight excluding hydrogens is 470 g/mol. The molecule has 0 N–H and O–H groups in total. The number of halogens is 1. The Balaban J connectivity index is 1.77. The van der Waals surface area contributed by atoms with Crippen LogP contribution in [0, 0.1) is 6.92 Å². The molecule has 3 aromatic rings. The summed E-state index contributed by atoms with van der Waals surface area (Å²) in [5.74, 6) is -0.492. The highest BCUT2D eigenvalue weighted by Gasteiger charge is 2.48. The van der Waals surface area contributed by atoms with Crippen LogP contribution in [0.4, 0.5) is 0 Å². The van der Waals surface area contributed by atoms with Gasteiger partial charge in [-0.3, -0.25) is 9.59 Å². The van der Waals surface area contributed by atoms with Gasteiger partial charge in [0, 0.05) is 10.5 Å². The molecule has 6 nitrogen and oxygen atoms in total. The molecule has 0 radical (unpaired) electrons. The zero-order valence-electron chi connectivity index (χ0n) is 16.1. The second-order valence-electron chi connectivity index (χ2n) is 7.90. The number of sulfone groups is 1. The Labute approximate surface area is 181 Å². The molecule has 2 aromatic carbocycles. The standard InChI is InChI=1S/C22H18BrNO5S/c1-12-2-7-17-16(10-12)20(25)18-19(13-3-5-14(23)6-4-13)24(22(26)21(18)29-17)15-8-9-30(27,28)11-15/h2-7,10,15,19H,8-9,11H2,1H3. The molecule has 1 fully saturated rings. The number of carbonyl (C=O) groups is 1. The summed E-state index contributed by atoms with van der Waals surface area (Å²) >= 11 is 3.41. The van der Waals surface area contributed by atoms with E-state index in [0.717, 1.165) is 15.6 Å². The lowest BCUT2D eigenvalue weighted by Crippen LogP contribution is -2.40. The number of amides is 1. The molecule has 0 spiro atoms. The lowest BCUT2D eigenvalue weighted by molar-refractivity contribution is 0.0662. The van der Waals surface area contributed by atoms with E-state index in [9.17, 15) is 18.0 Å². The molecule has 2 aliphatic rings. The topological polar surface area (TPSA) is 84.7 Å². The number of hydrogen-bond donors (Lipinski definition) is 0. The van der Waals surface area contributed by atoms with Gasteiger partial charge in [-0.2, -0.15) is 0 Å². The van der Waals surface area contributed by atoms with Crippen molar-refractivity contribution in [2.75, 3.05) is 11.5 Å². The SMILES string of the molecule is Cc1ccc2oc3c(c(=O)c2c1)C(c1ccc(Br)cc1)N(C1CCS(=O)(=O)C1)C3=O. The molecule has 1 saturated heterocycles. The summed E-state index contributed by atoms with van der Waals surface area (Å²) in [6.07, 6.45) is 0.349. The Morgan fingerprint density at radius 3 is 2.50 bits per heavy atom. The highest BCUT2D eigenvalue weighted by Crippen LogP contribution is 2.41. The van der Waals surface area contributed by atoms with Crippen molar-refractivity contribution in [1.82, 2.24) is 4.90 Å². The van der Waals surface area contributed by atoms with Gasteiger partial charge < -0.3 is 9.32 Å². The summed E-state index contributed by atoms with van der Waals surface area (Å²) in [4.78, 5) is 28.4. The molecule has 2 aliphatic heterocycles. The highest BCUT2D eigenvalue weighted by molar-refractivity contribution is 9.10. The molecule has 0 aliphatic carbocycles. The van der Waals surface area contributed by atoms with Crippen LogP contribution in [0.2, 0.25) is 0 Å². The van der Waals surface area contributed by atoms with Crippen molar-refractivity contribution in [1.29, 1.82) is 0 Å². The summed E-state index contributed by atoms with van der Waals surface area (Å²) in [6, 6.07) is 11.5. The van der Waals surface area contributed by atoms with Crippen LogP contribution in [0.3, 0.4) is 0 Å². The van der Waals surface area contributed by atoms with E-state index in [2.05, 4.69) is 15.9 Å². The van der Waals surface area contributed by atoms with Gasteiger partial charge >= 0.3 is 0 Å². The maximum absolute atomic E-state index is 13.5. The number of fused-ring (bicyclic) bond motifs is 2. The number of carbonyl (C=O) groups excluding carboxylic acids is 1. The van der Waals surface area contributed by atoms with E-state index in [1.807, 2.05) is 37.3 Å². The van der Waals surface area contributed by atoms with Gasteiger partial charge in [0.15, 0.2) is 15.3 Å². The molecule has 2 atom stereocenters. The third-order valence-electron chi connectivity index (χ3n) is 5.85. The van der Waals surface area contributed by atoms with Crippen molar-refractivity contribution < 1.29 is 17.6 Å². The molecule has 0 saturated carbocycles. The second-order valence-corrected chi connectivity index (χ2v) is 11.0. The minimum Gasteiger partial charge on any atom is -0.450 e. The fourth-order valence-corrected chi connectivity index (χ4v) is 6.42. The fourth-order valence-electron chi connectivity index (χ4n) is 4.45. The first-order valence-corrected chi connectivity index (χ1v) is 12.2. The van der Waals surface area contributed by atoms with Crippen molar-refractivity contribution in [2.45, 2.75) is 25.4 Å². The average molecular weight is 488 g/mol. The summed E-state index contributed by atoms with van der Waals surface area (Å²) in [5.41, 5.74) is 2.05. The lowest BCUT2D eigenvalue weighted by atomic mass is 9.97. The van der Waals surface area contributed by atoms with Crippen LogP contribution >= 0.6 is 15.9 Å². The maximum Gasteiger partial charge on any atom is 0.291 e. The Hall–Kier alpha value is -2.45. The quantitative estimate of drug-likeness (QED) is 0.551. The Morgan fingerprint density at radius 1 is 1.10 bits per heavy atom. The van der Waals surface area contributed by atoms with Gasteiger partial charge in [-0.05, 0) is 43.2 Å². The predicted molar refractivity (Wildman–Crippen MR) is 116 cm³/mol. The Kier molecular flexibility index (Phi) is 4.41. The molecular formula is C22H18BrNO5S. The van der Waals surface area contributed by atoms with Crippen molar-refractivity contribution in [3.63, 3.8) is 0 Å². The van der Waals surface area contributed by atoms with E-state index in [1.54, 1.807) is 12.1 Å². The minimum absolute atomic E-state index is 0.00793. The average Bonchev–Trinajstić information content (AvgIpc) is 3.20. The van der Waals surface area contributed by atoms with Crippen LogP contribution in [0.1, 0.15) is 39.7 Å². The molecule has 1 amide bonds. The minimum atomic E-state index is -3.22. The summed E-state index contributed by atoms with van der Waals surface area (Å²) < 4.78 is 31.0. The highest BCUT2D eigenvalue weighted by atomic mass is 79.9. The van der Waals surface area contributed by atoms with Crippen molar-refractivity contribution in [3.05, 3.63) is 79.6 Å². The number of aryl methyl sites for hydroxylation is 1. The Bertz CT molecular complexity index is 1360. The number of benzene rings is 2. The number of hydrogen-bond acceptors (Lipinski definition) is 5. The van der Waals surface area contributed by atoms with Crippen LogP contribution < -0.4 is 5.43 Å². The van der Waals surface area contributed by atoms with Crippen LogP contribution in [-0.4, -0.2) is 36.8 Å². The fraction of sp³-hybridized carbons (Fsp3) is 0.273. The normalized spacial score (nSPS) is 22.6. The van der Waals surface area contributed by atoms with E-state index >= 15 is 0 Å². The monoisotopic (exact) mass is 487 g/mol. The molecule has 8 heteroatoms. The molecule has 3 heterocycles.